The van der Waals surface area contributed by atoms with E-state index < -0.39 is 5.82 Å². The van der Waals surface area contributed by atoms with Crippen molar-refractivity contribution >= 4 is 45.7 Å². The van der Waals surface area contributed by atoms with Gasteiger partial charge in [-0.25, -0.2) is 9.37 Å². The van der Waals surface area contributed by atoms with Crippen LogP contribution in [0.3, 0.4) is 0 Å². The number of fused-ring (bicyclic) bond motifs is 1. The molecule has 0 fully saturated rings. The quantitative estimate of drug-likeness (QED) is 0.632. The van der Waals surface area contributed by atoms with E-state index >= 15 is 0 Å². The lowest BCUT2D eigenvalue weighted by molar-refractivity contribution is 0.630. The van der Waals surface area contributed by atoms with Gasteiger partial charge in [0.1, 0.15) is 11.0 Å². The summed E-state index contributed by atoms with van der Waals surface area (Å²) in [4.78, 5) is 4.02. The fraction of sp³-hybridized carbons (Fsp3) is 0.100. The molecule has 1 aromatic heterocycles. The molecule has 1 heterocycles. The van der Waals surface area contributed by atoms with Crippen LogP contribution < -0.4 is 0 Å². The average Bonchev–Trinajstić information content (AvgIpc) is 2.19. The molecular formula is C10H5Cl3FN. The molecule has 0 aliphatic carbocycles. The molecule has 15 heavy (non-hydrogen) atoms. The maximum Gasteiger partial charge on any atom is 0.143 e. The van der Waals surface area contributed by atoms with Gasteiger partial charge in [0.2, 0.25) is 0 Å². The van der Waals surface area contributed by atoms with Crippen molar-refractivity contribution in [2.24, 2.45) is 0 Å². The fourth-order valence-corrected chi connectivity index (χ4v) is 1.93. The average molecular weight is 265 g/mol. The highest BCUT2D eigenvalue weighted by molar-refractivity contribution is 6.39. The zero-order chi connectivity index (χ0) is 11.2. The maximum absolute atomic E-state index is 13.2. The largest absolute Gasteiger partial charge is 0.236 e. The van der Waals surface area contributed by atoms with Gasteiger partial charge >= 0.3 is 0 Å². The first-order valence-corrected chi connectivity index (χ1v) is 5.24. The Morgan fingerprint density at radius 3 is 2.53 bits per heavy atom. The van der Waals surface area contributed by atoms with Crippen LogP contribution in [0.4, 0.5) is 4.39 Å². The van der Waals surface area contributed by atoms with Crippen LogP contribution in [0.15, 0.2) is 12.1 Å². The van der Waals surface area contributed by atoms with Crippen molar-refractivity contribution in [1.29, 1.82) is 0 Å². The molecule has 0 N–H and O–H groups in total. The Labute approximate surface area is 101 Å². The highest BCUT2D eigenvalue weighted by Crippen LogP contribution is 2.32. The molecule has 0 bridgehead atoms. The fourth-order valence-electron chi connectivity index (χ4n) is 1.29. The standard InChI is InChI=1S/C10H5Cl3FN/c1-4-9(12)5-2-6(11)7(14)3-8(5)15-10(4)13/h2-3H,1H3. The van der Waals surface area contributed by atoms with Crippen LogP contribution in [0, 0.1) is 12.7 Å². The van der Waals surface area contributed by atoms with E-state index in [-0.39, 0.29) is 10.2 Å². The van der Waals surface area contributed by atoms with Crippen LogP contribution in [-0.2, 0) is 0 Å². The predicted molar refractivity (Wildman–Crippen MR) is 61.5 cm³/mol. The summed E-state index contributed by atoms with van der Waals surface area (Å²) in [5.41, 5.74) is 1.06. The number of pyridine rings is 1. The zero-order valence-corrected chi connectivity index (χ0v) is 9.88. The number of hydrogen-bond donors (Lipinski definition) is 0. The third kappa shape index (κ3) is 1.78. The van der Waals surface area contributed by atoms with Gasteiger partial charge in [0.25, 0.3) is 0 Å². The van der Waals surface area contributed by atoms with Gasteiger partial charge in [-0.05, 0) is 13.0 Å². The van der Waals surface area contributed by atoms with Gasteiger partial charge in [0, 0.05) is 17.0 Å². The van der Waals surface area contributed by atoms with Crippen molar-refractivity contribution in [2.45, 2.75) is 6.92 Å². The first kappa shape index (κ1) is 10.9. The Kier molecular flexibility index (Phi) is 2.75. The van der Waals surface area contributed by atoms with Gasteiger partial charge in [0.05, 0.1) is 15.6 Å². The molecule has 0 saturated carbocycles. The van der Waals surface area contributed by atoms with Crippen LogP contribution in [0.1, 0.15) is 5.56 Å². The van der Waals surface area contributed by atoms with E-state index in [0.717, 1.165) is 0 Å². The number of halogens is 4. The SMILES string of the molecule is Cc1c(Cl)nc2cc(F)c(Cl)cc2c1Cl. The second-order valence-electron chi connectivity index (χ2n) is 3.13. The Hall–Kier alpha value is -0.570. The number of nitrogens with zero attached hydrogens (tertiary/aromatic N) is 1. The van der Waals surface area contributed by atoms with Gasteiger partial charge in [0.15, 0.2) is 0 Å². The van der Waals surface area contributed by atoms with E-state index in [0.29, 0.717) is 21.5 Å². The Bertz CT molecular complexity index is 549. The van der Waals surface area contributed by atoms with E-state index in [9.17, 15) is 4.39 Å². The molecule has 0 amide bonds. The van der Waals surface area contributed by atoms with Crippen LogP contribution in [0.2, 0.25) is 15.2 Å². The minimum absolute atomic E-state index is 0.0212. The first-order chi connectivity index (χ1) is 7.00. The van der Waals surface area contributed by atoms with Crippen LogP contribution in [-0.4, -0.2) is 4.98 Å². The van der Waals surface area contributed by atoms with Gasteiger partial charge in [-0.2, -0.15) is 0 Å². The summed E-state index contributed by atoms with van der Waals surface area (Å²) in [7, 11) is 0. The third-order valence-corrected chi connectivity index (χ3v) is 3.28. The molecule has 2 aromatic rings. The molecule has 78 valence electrons. The normalized spacial score (nSPS) is 11.0. The lowest BCUT2D eigenvalue weighted by Crippen LogP contribution is -1.89. The second-order valence-corrected chi connectivity index (χ2v) is 4.27. The van der Waals surface area contributed by atoms with Crippen LogP contribution >= 0.6 is 34.8 Å². The summed E-state index contributed by atoms with van der Waals surface area (Å²) in [6.45, 7) is 1.74. The Morgan fingerprint density at radius 1 is 1.20 bits per heavy atom. The van der Waals surface area contributed by atoms with Gasteiger partial charge < -0.3 is 0 Å². The monoisotopic (exact) mass is 263 g/mol. The number of rotatable bonds is 0. The van der Waals surface area contributed by atoms with E-state index in [1.807, 2.05) is 0 Å². The summed E-state index contributed by atoms with van der Waals surface area (Å²) in [5.74, 6) is -0.535. The van der Waals surface area contributed by atoms with Gasteiger partial charge in [-0.3, -0.25) is 0 Å². The number of benzene rings is 1. The van der Waals surface area contributed by atoms with E-state index in [1.54, 1.807) is 6.92 Å². The topological polar surface area (TPSA) is 12.9 Å². The van der Waals surface area contributed by atoms with Crippen molar-refractivity contribution in [2.75, 3.05) is 0 Å². The van der Waals surface area contributed by atoms with Crippen molar-refractivity contribution < 1.29 is 4.39 Å². The van der Waals surface area contributed by atoms with Crippen molar-refractivity contribution in [3.05, 3.63) is 38.7 Å². The van der Waals surface area contributed by atoms with E-state index in [4.69, 9.17) is 34.8 Å². The predicted octanol–water partition coefficient (Wildman–Crippen LogP) is 4.64. The minimum Gasteiger partial charge on any atom is -0.236 e. The molecule has 1 nitrogen and oxygen atoms in total. The molecule has 2 rings (SSSR count). The molecule has 0 atom stereocenters. The lowest BCUT2D eigenvalue weighted by Gasteiger charge is -2.06. The molecule has 0 aliphatic rings. The molecule has 1 aromatic carbocycles. The molecule has 5 heteroatoms. The first-order valence-electron chi connectivity index (χ1n) is 4.11. The zero-order valence-electron chi connectivity index (χ0n) is 7.61. The highest BCUT2D eigenvalue weighted by atomic mass is 35.5. The smallest absolute Gasteiger partial charge is 0.143 e. The molecule has 0 unspecified atom stereocenters. The second kappa shape index (κ2) is 3.78. The van der Waals surface area contributed by atoms with Gasteiger partial charge in [-0.15, -0.1) is 0 Å². The summed E-state index contributed by atoms with van der Waals surface area (Å²) < 4.78 is 13.2. The highest BCUT2D eigenvalue weighted by Gasteiger charge is 2.11. The molecular weight excluding hydrogens is 259 g/mol. The van der Waals surface area contributed by atoms with Crippen molar-refractivity contribution in [3.63, 3.8) is 0 Å². The van der Waals surface area contributed by atoms with Gasteiger partial charge in [-0.1, -0.05) is 34.8 Å². The summed E-state index contributed by atoms with van der Waals surface area (Å²) >= 11 is 17.5. The number of aromatic nitrogens is 1. The third-order valence-electron chi connectivity index (χ3n) is 2.13. The van der Waals surface area contributed by atoms with Crippen molar-refractivity contribution in [1.82, 2.24) is 4.98 Å². The number of hydrogen-bond acceptors (Lipinski definition) is 1. The van der Waals surface area contributed by atoms with Crippen LogP contribution in [0.25, 0.3) is 10.9 Å². The summed E-state index contributed by atoms with van der Waals surface area (Å²) in [5, 5.41) is 1.35. The van der Waals surface area contributed by atoms with Crippen LogP contribution in [0.5, 0.6) is 0 Å². The Balaban J connectivity index is 2.93. The Morgan fingerprint density at radius 2 is 1.87 bits per heavy atom. The summed E-state index contributed by atoms with van der Waals surface area (Å²) in [6.07, 6.45) is 0. The van der Waals surface area contributed by atoms with Crippen molar-refractivity contribution in [3.8, 4) is 0 Å². The maximum atomic E-state index is 13.2. The molecule has 0 saturated heterocycles. The molecule has 0 radical (unpaired) electrons. The lowest BCUT2D eigenvalue weighted by atomic mass is 10.1. The van der Waals surface area contributed by atoms with E-state index in [2.05, 4.69) is 4.98 Å². The molecule has 0 aliphatic heterocycles. The molecule has 0 spiro atoms. The summed E-state index contributed by atoms with van der Waals surface area (Å²) in [6, 6.07) is 2.67. The minimum atomic E-state index is -0.535. The van der Waals surface area contributed by atoms with E-state index in [1.165, 1.54) is 12.1 Å².